The Labute approximate surface area is 216 Å². The second-order valence-electron chi connectivity index (χ2n) is 11.0. The minimum Gasteiger partial charge on any atom is -0.238 e. The number of aryl methyl sites for hydroxylation is 2. The molecule has 3 heteroatoms. The van der Waals surface area contributed by atoms with Crippen LogP contribution in [0.25, 0.3) is 38.1 Å². The Bertz CT molecular complexity index is 1470. The Morgan fingerprint density at radius 2 is 1.47 bits per heavy atom. The van der Waals surface area contributed by atoms with E-state index in [-0.39, 0.29) is 0 Å². The number of aromatic nitrogens is 2. The van der Waals surface area contributed by atoms with Crippen molar-refractivity contribution < 1.29 is 4.57 Å². The molecular formula is C33H38N3+. The molecular weight excluding hydrogens is 438 g/mol. The Hall–Kier alpha value is -3.51. The van der Waals surface area contributed by atoms with E-state index >= 15 is 0 Å². The van der Waals surface area contributed by atoms with Crippen LogP contribution in [-0.2, 0) is 7.05 Å². The highest BCUT2D eigenvalue weighted by atomic mass is 15.0. The van der Waals surface area contributed by atoms with Crippen LogP contribution in [0.2, 0.25) is 0 Å². The molecule has 0 aliphatic heterocycles. The molecule has 0 spiro atoms. The van der Waals surface area contributed by atoms with Crippen molar-refractivity contribution in [2.75, 3.05) is 0 Å². The average molecular weight is 477 g/mol. The molecule has 0 unspecified atom stereocenters. The maximum absolute atomic E-state index is 7.41. The van der Waals surface area contributed by atoms with E-state index in [1.165, 1.54) is 44.5 Å². The zero-order valence-electron chi connectivity index (χ0n) is 23.2. The predicted molar refractivity (Wildman–Crippen MR) is 152 cm³/mol. The average Bonchev–Trinajstić information content (AvgIpc) is 2.84. The molecule has 3 nitrogen and oxygen atoms in total. The first-order valence-corrected chi connectivity index (χ1v) is 13.0. The van der Waals surface area contributed by atoms with Crippen LogP contribution in [0.4, 0.5) is 5.69 Å². The van der Waals surface area contributed by atoms with E-state index in [1.54, 1.807) is 0 Å². The molecule has 0 atom stereocenters. The fraction of sp³-hybridized carbons (Fsp3) is 0.364. The number of rotatable bonds is 5. The van der Waals surface area contributed by atoms with Crippen molar-refractivity contribution in [1.82, 2.24) is 4.98 Å². The third kappa shape index (κ3) is 4.53. The van der Waals surface area contributed by atoms with Gasteiger partial charge in [0.1, 0.15) is 5.69 Å². The molecule has 36 heavy (non-hydrogen) atoms. The third-order valence-electron chi connectivity index (χ3n) is 7.43. The van der Waals surface area contributed by atoms with Crippen molar-refractivity contribution in [3.05, 3.63) is 88.0 Å². The second kappa shape index (κ2) is 9.86. The molecule has 0 saturated heterocycles. The molecule has 1 aromatic heterocycles. The lowest BCUT2D eigenvalue weighted by Crippen LogP contribution is -2.32. The summed E-state index contributed by atoms with van der Waals surface area (Å²) in [5.41, 5.74) is 13.3. The topological polar surface area (TPSA) is 21.1 Å². The molecule has 0 bridgehead atoms. The maximum Gasteiger partial charge on any atom is 0.287 e. The smallest absolute Gasteiger partial charge is 0.238 e. The van der Waals surface area contributed by atoms with Crippen molar-refractivity contribution in [2.24, 2.45) is 7.05 Å². The number of benzene rings is 3. The minimum absolute atomic E-state index is 0.422. The summed E-state index contributed by atoms with van der Waals surface area (Å²) in [4.78, 5) is 8.23. The van der Waals surface area contributed by atoms with Crippen LogP contribution >= 0.6 is 0 Å². The summed E-state index contributed by atoms with van der Waals surface area (Å²) >= 11 is 0. The lowest BCUT2D eigenvalue weighted by Gasteiger charge is -2.24. The van der Waals surface area contributed by atoms with Gasteiger partial charge in [-0.15, -0.1) is 0 Å². The van der Waals surface area contributed by atoms with Gasteiger partial charge in [0.25, 0.3) is 6.33 Å². The van der Waals surface area contributed by atoms with Crippen molar-refractivity contribution in [2.45, 2.75) is 73.1 Å². The molecule has 0 saturated carbocycles. The van der Waals surface area contributed by atoms with E-state index < -0.39 is 0 Å². The van der Waals surface area contributed by atoms with Gasteiger partial charge in [0.15, 0.2) is 11.2 Å². The van der Waals surface area contributed by atoms with Gasteiger partial charge in [-0.2, -0.15) is 0 Å². The molecule has 0 aliphatic rings. The fourth-order valence-corrected chi connectivity index (χ4v) is 5.17. The molecule has 3 aromatic carbocycles. The zero-order chi connectivity index (χ0) is 26.3. The molecule has 0 aliphatic carbocycles. The van der Waals surface area contributed by atoms with Gasteiger partial charge in [-0.3, -0.25) is 0 Å². The number of hydrogen-bond donors (Lipinski definition) is 0. The van der Waals surface area contributed by atoms with E-state index in [0.29, 0.717) is 23.4 Å². The van der Waals surface area contributed by atoms with Crippen LogP contribution in [0.5, 0.6) is 0 Å². The number of nitrogens with zero attached hydrogens (tertiary/aromatic N) is 3. The highest BCUT2D eigenvalue weighted by molar-refractivity contribution is 5.94. The van der Waals surface area contributed by atoms with Gasteiger partial charge in [0.2, 0.25) is 0 Å². The Morgan fingerprint density at radius 3 is 2.03 bits per heavy atom. The molecule has 0 N–H and O–H groups in total. The summed E-state index contributed by atoms with van der Waals surface area (Å²) in [5.74, 6) is 1.34. The fourth-order valence-electron chi connectivity index (χ4n) is 5.17. The van der Waals surface area contributed by atoms with Crippen LogP contribution in [0.15, 0.2) is 48.8 Å². The Morgan fingerprint density at radius 1 is 0.833 bits per heavy atom. The third-order valence-corrected chi connectivity index (χ3v) is 7.43. The number of fused-ring (bicyclic) bond motifs is 1. The lowest BCUT2D eigenvalue weighted by molar-refractivity contribution is -0.662. The first-order chi connectivity index (χ1) is 17.0. The van der Waals surface area contributed by atoms with E-state index in [9.17, 15) is 0 Å². The lowest BCUT2D eigenvalue weighted by atomic mass is 9.80. The zero-order valence-corrected chi connectivity index (χ0v) is 23.2. The molecule has 184 valence electrons. The molecule has 0 radical (unpaired) electrons. The van der Waals surface area contributed by atoms with Gasteiger partial charge >= 0.3 is 0 Å². The summed E-state index contributed by atoms with van der Waals surface area (Å²) < 4.78 is 2.11. The van der Waals surface area contributed by atoms with Crippen LogP contribution in [0.1, 0.15) is 87.1 Å². The van der Waals surface area contributed by atoms with Crippen molar-refractivity contribution in [1.29, 1.82) is 0 Å². The molecule has 0 amide bonds. The van der Waals surface area contributed by atoms with Gasteiger partial charge < -0.3 is 0 Å². The quantitative estimate of drug-likeness (QED) is 0.208. The van der Waals surface area contributed by atoms with Crippen molar-refractivity contribution >= 4 is 16.6 Å². The Kier molecular flexibility index (Phi) is 7.01. The van der Waals surface area contributed by atoms with Crippen LogP contribution in [-0.4, -0.2) is 4.98 Å². The van der Waals surface area contributed by atoms with E-state index in [2.05, 4.69) is 101 Å². The SMILES string of the molecule is [C-]#[N+]c1ccc2c(-c3cc(-c4c(C(C)C)cc(C(C)C)cc4C(C)C)cc(C)c3C)[n+](C)cnc2c1. The van der Waals surface area contributed by atoms with E-state index in [1.807, 2.05) is 24.5 Å². The summed E-state index contributed by atoms with van der Waals surface area (Å²) in [6, 6.07) is 15.4. The summed E-state index contributed by atoms with van der Waals surface area (Å²) in [6.45, 7) is 25.6. The van der Waals surface area contributed by atoms with E-state index in [4.69, 9.17) is 6.57 Å². The highest BCUT2D eigenvalue weighted by Crippen LogP contribution is 2.41. The largest absolute Gasteiger partial charge is 0.287 e. The van der Waals surface area contributed by atoms with Crippen molar-refractivity contribution in [3.63, 3.8) is 0 Å². The normalized spacial score (nSPS) is 11.6. The van der Waals surface area contributed by atoms with Gasteiger partial charge in [0, 0.05) is 5.56 Å². The summed E-state index contributed by atoms with van der Waals surface area (Å²) in [5, 5.41) is 1.07. The second-order valence-corrected chi connectivity index (χ2v) is 11.0. The van der Waals surface area contributed by atoms with Gasteiger partial charge in [-0.05, 0) is 82.7 Å². The summed E-state index contributed by atoms with van der Waals surface area (Å²) in [6.07, 6.45) is 1.86. The van der Waals surface area contributed by atoms with Gasteiger partial charge in [0.05, 0.1) is 19.0 Å². The van der Waals surface area contributed by atoms with E-state index in [0.717, 1.165) is 16.6 Å². The monoisotopic (exact) mass is 476 g/mol. The standard InChI is InChI=1S/C33H38N3/c1-19(2)24-14-28(20(3)4)32(29(15-24)21(5)6)25-13-22(7)23(8)30(16-25)33-27-12-11-26(34-9)17-31(27)35-18-36(33)10/h11-21H,1-8,10H3/q+1. The number of hydrogen-bond acceptors (Lipinski definition) is 1. The maximum atomic E-state index is 7.41. The summed E-state index contributed by atoms with van der Waals surface area (Å²) in [7, 11) is 2.06. The minimum atomic E-state index is 0.422. The van der Waals surface area contributed by atoms with Crippen molar-refractivity contribution in [3.8, 4) is 22.4 Å². The van der Waals surface area contributed by atoms with Crippen LogP contribution in [0.3, 0.4) is 0 Å². The first kappa shape index (κ1) is 25.6. The molecule has 0 fully saturated rings. The highest BCUT2D eigenvalue weighted by Gasteiger charge is 2.23. The molecule has 4 rings (SSSR count). The molecule has 4 aromatic rings. The van der Waals surface area contributed by atoms with Gasteiger partial charge in [-0.1, -0.05) is 76.9 Å². The first-order valence-electron chi connectivity index (χ1n) is 13.0. The Balaban J connectivity index is 2.08. The van der Waals surface area contributed by atoms with Crippen LogP contribution < -0.4 is 4.57 Å². The molecule has 1 heterocycles. The van der Waals surface area contributed by atoms with Gasteiger partial charge in [-0.25, -0.2) is 9.41 Å². The van der Waals surface area contributed by atoms with Crippen LogP contribution in [0, 0.1) is 20.4 Å². The predicted octanol–water partition coefficient (Wildman–Crippen LogP) is 8.93.